The number of carbonyl (C=O) groups excluding carboxylic acids is 1. The van der Waals surface area contributed by atoms with Crippen molar-refractivity contribution < 1.29 is 4.79 Å². The molecule has 2 heterocycles. The quantitative estimate of drug-likeness (QED) is 0.808. The van der Waals surface area contributed by atoms with Gasteiger partial charge in [0.25, 0.3) is 0 Å². The maximum absolute atomic E-state index is 12.2. The number of anilines is 1. The van der Waals surface area contributed by atoms with Gasteiger partial charge >= 0.3 is 0 Å². The molecule has 1 aromatic rings. The van der Waals surface area contributed by atoms with Gasteiger partial charge in [0.15, 0.2) is 0 Å². The monoisotopic (exact) mass is 219 g/mol. The maximum atomic E-state index is 12.2. The summed E-state index contributed by atoms with van der Waals surface area (Å²) in [4.78, 5) is 18.0. The van der Waals surface area contributed by atoms with Crippen LogP contribution in [-0.4, -0.2) is 30.5 Å². The molecule has 1 aliphatic rings. The highest BCUT2D eigenvalue weighted by atomic mass is 16.2. The normalized spacial score (nSPS) is 24.4. The van der Waals surface area contributed by atoms with E-state index >= 15 is 0 Å². The SMILES string of the molecule is CC1NCCC1C(=O)N(C)c1ccccn1. The molecule has 1 amide bonds. The molecular weight excluding hydrogens is 202 g/mol. The van der Waals surface area contributed by atoms with Gasteiger partial charge in [-0.15, -0.1) is 0 Å². The van der Waals surface area contributed by atoms with E-state index in [1.165, 1.54) is 0 Å². The number of amides is 1. The topological polar surface area (TPSA) is 45.2 Å². The van der Waals surface area contributed by atoms with Gasteiger partial charge in [-0.1, -0.05) is 6.07 Å². The Morgan fingerprint density at radius 1 is 1.56 bits per heavy atom. The Kier molecular flexibility index (Phi) is 3.19. The number of hydrogen-bond donors (Lipinski definition) is 1. The van der Waals surface area contributed by atoms with Crippen LogP contribution in [-0.2, 0) is 4.79 Å². The van der Waals surface area contributed by atoms with Crippen LogP contribution in [0.25, 0.3) is 0 Å². The van der Waals surface area contributed by atoms with E-state index in [-0.39, 0.29) is 17.9 Å². The number of pyridine rings is 1. The molecule has 4 heteroatoms. The molecule has 1 saturated heterocycles. The van der Waals surface area contributed by atoms with Gasteiger partial charge < -0.3 is 5.32 Å². The summed E-state index contributed by atoms with van der Waals surface area (Å²) in [5.41, 5.74) is 0. The first-order valence-corrected chi connectivity index (χ1v) is 5.62. The molecule has 1 N–H and O–H groups in total. The summed E-state index contributed by atoms with van der Waals surface area (Å²) in [6.45, 7) is 2.98. The fourth-order valence-electron chi connectivity index (χ4n) is 2.11. The standard InChI is InChI=1S/C12H17N3O/c1-9-10(6-8-13-9)12(16)15(2)11-5-3-4-7-14-11/h3-5,7,9-10,13H,6,8H2,1-2H3. The number of hydrogen-bond acceptors (Lipinski definition) is 3. The first kappa shape index (κ1) is 11.1. The third-order valence-corrected chi connectivity index (χ3v) is 3.17. The molecule has 0 bridgehead atoms. The maximum Gasteiger partial charge on any atom is 0.232 e. The number of nitrogens with one attached hydrogen (secondary N) is 1. The average Bonchev–Trinajstić information content (AvgIpc) is 2.75. The van der Waals surface area contributed by atoms with Crippen LogP contribution in [0.1, 0.15) is 13.3 Å². The van der Waals surface area contributed by atoms with Crippen LogP contribution >= 0.6 is 0 Å². The molecule has 86 valence electrons. The fraction of sp³-hybridized carbons (Fsp3) is 0.500. The molecular formula is C12H17N3O. The van der Waals surface area contributed by atoms with Crippen molar-refractivity contribution in [2.45, 2.75) is 19.4 Å². The second-order valence-electron chi connectivity index (χ2n) is 4.22. The molecule has 1 fully saturated rings. The molecule has 1 aromatic heterocycles. The Morgan fingerprint density at radius 3 is 2.94 bits per heavy atom. The Balaban J connectivity index is 2.10. The molecule has 0 aliphatic carbocycles. The van der Waals surface area contributed by atoms with Crippen LogP contribution in [0.5, 0.6) is 0 Å². The summed E-state index contributed by atoms with van der Waals surface area (Å²) in [5.74, 6) is 0.940. The lowest BCUT2D eigenvalue weighted by Crippen LogP contribution is -2.38. The highest BCUT2D eigenvalue weighted by molar-refractivity contribution is 5.94. The minimum absolute atomic E-state index is 0.0759. The molecule has 2 unspecified atom stereocenters. The average molecular weight is 219 g/mol. The van der Waals surface area contributed by atoms with Gasteiger partial charge in [-0.25, -0.2) is 4.98 Å². The second kappa shape index (κ2) is 4.61. The summed E-state index contributed by atoms with van der Waals surface area (Å²) in [5, 5.41) is 3.29. The zero-order valence-corrected chi connectivity index (χ0v) is 9.68. The van der Waals surface area contributed by atoms with Crippen molar-refractivity contribution in [2.75, 3.05) is 18.5 Å². The summed E-state index contributed by atoms with van der Waals surface area (Å²) in [6, 6.07) is 5.85. The Morgan fingerprint density at radius 2 is 2.38 bits per heavy atom. The van der Waals surface area contributed by atoms with Crippen LogP contribution in [0.3, 0.4) is 0 Å². The van der Waals surface area contributed by atoms with Crippen LogP contribution in [0.15, 0.2) is 24.4 Å². The minimum Gasteiger partial charge on any atom is -0.313 e. The first-order valence-electron chi connectivity index (χ1n) is 5.62. The largest absolute Gasteiger partial charge is 0.313 e. The molecule has 2 atom stereocenters. The Bertz CT molecular complexity index is 366. The van der Waals surface area contributed by atoms with Crippen molar-refractivity contribution in [3.8, 4) is 0 Å². The van der Waals surface area contributed by atoms with E-state index in [0.717, 1.165) is 13.0 Å². The predicted molar refractivity (Wildman–Crippen MR) is 63.2 cm³/mol. The third kappa shape index (κ3) is 2.07. The highest BCUT2D eigenvalue weighted by Crippen LogP contribution is 2.20. The molecule has 0 aromatic carbocycles. The van der Waals surface area contributed by atoms with Crippen molar-refractivity contribution in [1.29, 1.82) is 0 Å². The van der Waals surface area contributed by atoms with Crippen molar-refractivity contribution in [3.05, 3.63) is 24.4 Å². The third-order valence-electron chi connectivity index (χ3n) is 3.17. The van der Waals surface area contributed by atoms with Gasteiger partial charge in [0, 0.05) is 19.3 Å². The van der Waals surface area contributed by atoms with E-state index in [0.29, 0.717) is 5.82 Å². The summed E-state index contributed by atoms with van der Waals surface area (Å²) in [6.07, 6.45) is 2.62. The van der Waals surface area contributed by atoms with Crippen molar-refractivity contribution in [2.24, 2.45) is 5.92 Å². The summed E-state index contributed by atoms with van der Waals surface area (Å²) >= 11 is 0. The zero-order valence-electron chi connectivity index (χ0n) is 9.68. The lowest BCUT2D eigenvalue weighted by molar-refractivity contribution is -0.122. The molecule has 16 heavy (non-hydrogen) atoms. The minimum atomic E-state index is 0.0759. The molecule has 1 aliphatic heterocycles. The number of rotatable bonds is 2. The van der Waals surface area contributed by atoms with Gasteiger partial charge in [0.2, 0.25) is 5.91 Å². The van der Waals surface area contributed by atoms with Gasteiger partial charge in [-0.05, 0) is 32.0 Å². The van der Waals surface area contributed by atoms with E-state index in [9.17, 15) is 4.79 Å². The van der Waals surface area contributed by atoms with Gasteiger partial charge in [0.05, 0.1) is 5.92 Å². The number of nitrogens with zero attached hydrogens (tertiary/aromatic N) is 2. The van der Waals surface area contributed by atoms with Crippen LogP contribution in [0, 0.1) is 5.92 Å². The van der Waals surface area contributed by atoms with Gasteiger partial charge in [0.1, 0.15) is 5.82 Å². The van der Waals surface area contributed by atoms with Gasteiger partial charge in [-0.3, -0.25) is 9.69 Å². The number of carbonyl (C=O) groups is 1. The number of aromatic nitrogens is 1. The zero-order chi connectivity index (χ0) is 11.5. The van der Waals surface area contributed by atoms with Gasteiger partial charge in [-0.2, -0.15) is 0 Å². The smallest absolute Gasteiger partial charge is 0.232 e. The lowest BCUT2D eigenvalue weighted by Gasteiger charge is -2.22. The van der Waals surface area contributed by atoms with E-state index in [4.69, 9.17) is 0 Å². The van der Waals surface area contributed by atoms with Crippen molar-refractivity contribution in [3.63, 3.8) is 0 Å². The van der Waals surface area contributed by atoms with Crippen LogP contribution < -0.4 is 10.2 Å². The fourth-order valence-corrected chi connectivity index (χ4v) is 2.11. The first-order chi connectivity index (χ1) is 7.70. The molecule has 0 radical (unpaired) electrons. The summed E-state index contributed by atoms with van der Waals surface area (Å²) < 4.78 is 0. The van der Waals surface area contributed by atoms with E-state index in [1.54, 1.807) is 18.1 Å². The van der Waals surface area contributed by atoms with E-state index < -0.39 is 0 Å². The van der Waals surface area contributed by atoms with E-state index in [1.807, 2.05) is 18.2 Å². The molecule has 4 nitrogen and oxygen atoms in total. The Labute approximate surface area is 95.7 Å². The molecule has 2 rings (SSSR count). The molecule has 0 spiro atoms. The van der Waals surface area contributed by atoms with Crippen molar-refractivity contribution >= 4 is 11.7 Å². The van der Waals surface area contributed by atoms with Crippen LogP contribution in [0.4, 0.5) is 5.82 Å². The summed E-state index contributed by atoms with van der Waals surface area (Å²) in [7, 11) is 1.79. The molecule has 0 saturated carbocycles. The lowest BCUT2D eigenvalue weighted by atomic mass is 10.0. The predicted octanol–water partition coefficient (Wildman–Crippen LogP) is 1.04. The van der Waals surface area contributed by atoms with E-state index in [2.05, 4.69) is 17.2 Å². The second-order valence-corrected chi connectivity index (χ2v) is 4.22. The van der Waals surface area contributed by atoms with Crippen LogP contribution in [0.2, 0.25) is 0 Å². The highest BCUT2D eigenvalue weighted by Gasteiger charge is 2.32. The van der Waals surface area contributed by atoms with Crippen molar-refractivity contribution in [1.82, 2.24) is 10.3 Å². The Hall–Kier alpha value is -1.42.